The highest BCUT2D eigenvalue weighted by Gasteiger charge is 2.33. The van der Waals surface area contributed by atoms with Gasteiger partial charge in [-0.2, -0.15) is 0 Å². The highest BCUT2D eigenvalue weighted by Crippen LogP contribution is 2.40. The van der Waals surface area contributed by atoms with Gasteiger partial charge in [-0.1, -0.05) is 170 Å². The number of hydrogen-bond acceptors (Lipinski definition) is 24. The van der Waals surface area contributed by atoms with Crippen molar-refractivity contribution in [2.75, 3.05) is 105 Å². The average molecular weight is 2840 g/mol. The second kappa shape index (κ2) is 58.9. The van der Waals surface area contributed by atoms with Crippen LogP contribution in [0.4, 0.5) is 0 Å². The van der Waals surface area contributed by atoms with Gasteiger partial charge in [0.25, 0.3) is 0 Å². The Bertz CT molecular complexity index is 5840. The number of ether oxygens (including phenoxy) is 8. The molecule has 32 heteroatoms. The molecule has 764 valence electrons. The topological polar surface area (TPSA) is 276 Å². The molecule has 0 radical (unpaired) electrons. The van der Waals surface area contributed by atoms with Crippen molar-refractivity contribution >= 4 is 272 Å². The number of benzene rings is 8. The molecule has 0 N–H and O–H groups in total. The number of halogens is 8. The smallest absolute Gasteiger partial charge is 0.313 e. The number of carbonyl (C=O) groups excluding carboxylic acids is 8. The van der Waals surface area contributed by atoms with Gasteiger partial charge in [0, 0.05) is 70.0 Å². The van der Waals surface area contributed by atoms with Gasteiger partial charge in [0.05, 0.1) is 63.0 Å². The summed E-state index contributed by atoms with van der Waals surface area (Å²) in [6.07, 6.45) is 0.210. The third kappa shape index (κ3) is 33.2. The van der Waals surface area contributed by atoms with Crippen molar-refractivity contribution in [3.05, 3.63) is 242 Å². The van der Waals surface area contributed by atoms with Gasteiger partial charge < -0.3 is 75.2 Å². The van der Waals surface area contributed by atoms with Crippen molar-refractivity contribution in [2.45, 2.75) is 188 Å². The van der Waals surface area contributed by atoms with Gasteiger partial charge in [-0.15, -0.1) is 0 Å². The summed E-state index contributed by atoms with van der Waals surface area (Å²) < 4.78 is 77.0. The number of hydrogen-bond donors (Lipinski definition) is 0. The monoisotopic (exact) mass is 2840 g/mol. The fraction of sp³-hybridized carbons (Fsp3) is 0.418. The molecule has 0 amide bonds. The Hall–Kier alpha value is -6.64. The van der Waals surface area contributed by atoms with Crippen LogP contribution in [0.15, 0.2) is 163 Å². The Balaban J connectivity index is 0.000000211. The zero-order valence-electron chi connectivity index (χ0n) is 83.9. The molecule has 0 aliphatic carbocycles. The number of furan rings is 4. The van der Waals surface area contributed by atoms with Crippen molar-refractivity contribution in [1.29, 1.82) is 0 Å². The predicted molar refractivity (Wildman–Crippen MR) is 627 cm³/mol. The molecule has 0 bridgehead atoms. The van der Waals surface area contributed by atoms with Crippen molar-refractivity contribution < 1.29 is 93.9 Å². The first-order chi connectivity index (χ1) is 67.9. The van der Waals surface area contributed by atoms with Gasteiger partial charge in [-0.3, -0.25) is 38.4 Å². The van der Waals surface area contributed by atoms with E-state index in [1.807, 2.05) is 191 Å². The molecule has 142 heavy (non-hydrogen) atoms. The summed E-state index contributed by atoms with van der Waals surface area (Å²) in [5.74, 6) is 2.43. The molecule has 0 aliphatic rings. The molecule has 0 aliphatic heterocycles. The lowest BCUT2D eigenvalue weighted by atomic mass is 9.99. The highest BCUT2D eigenvalue weighted by atomic mass is 127. The van der Waals surface area contributed by atoms with E-state index in [2.05, 4.69) is 256 Å². The number of nitrogens with zero attached hydrogens (tertiary/aromatic N) is 4. The minimum atomic E-state index is -0.412. The molecular weight excluding hydrogens is 2710 g/mol. The average Bonchev–Trinajstić information content (AvgIpc) is 1.72. The van der Waals surface area contributed by atoms with Gasteiger partial charge in [0.1, 0.15) is 133 Å². The van der Waals surface area contributed by atoms with Crippen molar-refractivity contribution in [2.24, 2.45) is 11.8 Å². The Morgan fingerprint density at radius 3 is 0.634 bits per heavy atom. The number of para-hydroxylation sites is 4. The van der Waals surface area contributed by atoms with Gasteiger partial charge >= 0.3 is 23.9 Å². The van der Waals surface area contributed by atoms with Gasteiger partial charge in [-0.05, 0) is 358 Å². The number of ketones is 4. The van der Waals surface area contributed by atoms with Crippen LogP contribution in [0.2, 0.25) is 0 Å². The normalized spacial score (nSPS) is 12.3. The third-order valence-corrected chi connectivity index (χ3v) is 30.8. The SMILES string of the molecule is CCN(CC)CCOc1c(I)cc(C(=O)c2c(CC(=O)O[C@@H](C)C(C)C)oc3ccccc23)cc1I.CCN(CC)CCOc1c(I)cc(C(=O)c2c(CC(=O)O[C@H](C)C(C)C)oc3ccccc23)cc1I.CC[C@@H](C)OC(=O)Cc1oc2ccccc2c1C(=O)c1cc(I)c(OCCN(CC)CC)c(I)c1.CC[C@H](C)OC(=O)Cc1oc2ccccc2c1C(=O)c1cc(I)c(OCCN(CC)CC)c(I)c1. The maximum absolute atomic E-state index is 13.8. The van der Waals surface area contributed by atoms with Crippen LogP contribution in [0.1, 0.15) is 224 Å². The maximum atomic E-state index is 13.8. The van der Waals surface area contributed by atoms with Gasteiger partial charge in [0.2, 0.25) is 0 Å². The van der Waals surface area contributed by atoms with Gasteiger partial charge in [-0.25, -0.2) is 0 Å². The van der Waals surface area contributed by atoms with E-state index in [1.54, 1.807) is 24.3 Å². The molecule has 0 fully saturated rings. The minimum absolute atomic E-state index is 0.0964. The first-order valence-corrected chi connectivity index (χ1v) is 56.9. The summed E-state index contributed by atoms with van der Waals surface area (Å²) in [5.41, 5.74) is 6.01. The van der Waals surface area contributed by atoms with E-state index in [9.17, 15) is 38.4 Å². The molecule has 4 heterocycles. The lowest BCUT2D eigenvalue weighted by molar-refractivity contribution is -0.150. The van der Waals surface area contributed by atoms with E-state index in [0.717, 1.165) is 143 Å². The quantitative estimate of drug-likeness (QED) is 0.0148. The van der Waals surface area contributed by atoms with Crippen LogP contribution < -0.4 is 18.9 Å². The molecule has 0 saturated carbocycles. The molecule has 0 spiro atoms. The summed E-state index contributed by atoms with van der Waals surface area (Å²) in [6, 6.07) is 44.1. The lowest BCUT2D eigenvalue weighted by Gasteiger charge is -2.19. The van der Waals surface area contributed by atoms with Crippen LogP contribution in [0.5, 0.6) is 23.0 Å². The Labute approximate surface area is 943 Å². The largest absolute Gasteiger partial charge is 0.490 e. The Morgan fingerprint density at radius 2 is 0.458 bits per heavy atom. The van der Waals surface area contributed by atoms with E-state index < -0.39 is 23.9 Å². The zero-order chi connectivity index (χ0) is 104. The molecule has 4 atom stereocenters. The van der Waals surface area contributed by atoms with Gasteiger partial charge in [0.15, 0.2) is 23.1 Å². The van der Waals surface area contributed by atoms with Crippen LogP contribution in [0.25, 0.3) is 43.9 Å². The predicted octanol–water partition coefficient (Wildman–Crippen LogP) is 26.4. The van der Waals surface area contributed by atoms with Crippen molar-refractivity contribution in [1.82, 2.24) is 19.6 Å². The van der Waals surface area contributed by atoms with E-state index in [4.69, 9.17) is 55.6 Å². The van der Waals surface area contributed by atoms with Crippen LogP contribution in [0.3, 0.4) is 0 Å². The highest BCUT2D eigenvalue weighted by molar-refractivity contribution is 14.1. The zero-order valence-corrected chi connectivity index (χ0v) is 101. The molecule has 8 aromatic carbocycles. The summed E-state index contributed by atoms with van der Waals surface area (Å²) in [4.78, 5) is 115. The van der Waals surface area contributed by atoms with Crippen LogP contribution in [-0.2, 0) is 63.8 Å². The number of fused-ring (bicyclic) bond motifs is 4. The van der Waals surface area contributed by atoms with Crippen LogP contribution in [-0.4, -0.2) is 196 Å². The summed E-state index contributed by atoms with van der Waals surface area (Å²) in [5, 5.41) is 2.75. The summed E-state index contributed by atoms with van der Waals surface area (Å²) >= 11 is 17.7. The fourth-order valence-corrected chi connectivity index (χ4v) is 23.3. The summed E-state index contributed by atoms with van der Waals surface area (Å²) in [7, 11) is 0. The van der Waals surface area contributed by atoms with Crippen molar-refractivity contribution in [3.8, 4) is 23.0 Å². The number of esters is 4. The molecular formula is C110H128I8N4O20. The molecule has 24 nitrogen and oxygen atoms in total. The van der Waals surface area contributed by atoms with E-state index in [0.29, 0.717) is 138 Å². The summed E-state index contributed by atoms with van der Waals surface area (Å²) in [6.45, 7) is 49.9. The Morgan fingerprint density at radius 1 is 0.275 bits per heavy atom. The lowest BCUT2D eigenvalue weighted by Crippen LogP contribution is -2.28. The molecule has 12 rings (SSSR count). The van der Waals surface area contributed by atoms with Crippen LogP contribution >= 0.6 is 181 Å². The van der Waals surface area contributed by atoms with E-state index in [1.165, 1.54) is 0 Å². The van der Waals surface area contributed by atoms with Crippen molar-refractivity contribution in [3.63, 3.8) is 0 Å². The second-order valence-corrected chi connectivity index (χ2v) is 43.8. The van der Waals surface area contributed by atoms with Crippen LogP contribution in [0, 0.1) is 40.4 Å². The number of rotatable bonds is 48. The minimum Gasteiger partial charge on any atom is -0.490 e. The van der Waals surface area contributed by atoms with E-state index >= 15 is 0 Å². The maximum Gasteiger partial charge on any atom is 0.313 e. The number of carbonyl (C=O) groups is 8. The standard InChI is InChI=1S/2C28H33I2NO5.2C27H31I2NO5/c2*1-6-31(7-2)12-13-34-28-21(29)14-19(15-22(28)30)27(33)26-20-10-8-9-11-23(20)36-24(26)16-25(32)35-18(5)17(3)4;2*1-5-17(4)34-24(31)16-23-25(19-10-8-9-11-22(19)35-23)26(32)18-14-20(28)27(21(29)15-18)33-13-12-30(6-2)7-3/h2*8-11,14-15,17-18H,6-7,12-13,16H2,1-5H3;2*8-11,14-15,17H,5-7,12-13,16H2,1-4H3/t2*18-;2*17-/m1010/s1. The fourth-order valence-electron chi connectivity index (χ4n) is 15.0. The molecule has 4 aromatic heterocycles. The first kappa shape index (κ1) is 119. The first-order valence-electron chi connectivity index (χ1n) is 48.2. The third-order valence-electron chi connectivity index (χ3n) is 24.4. The second-order valence-electron chi connectivity index (χ2n) is 34.5. The van der Waals surface area contributed by atoms with E-state index in [-0.39, 0.29) is 85.1 Å². The number of likely N-dealkylation sites (N-methyl/N-ethyl adjacent to an activating group) is 4. The molecule has 12 aromatic rings. The molecule has 0 saturated heterocycles. The Kier molecular flexibility index (Phi) is 49.3. The molecule has 0 unspecified atom stereocenters.